The largest absolute Gasteiger partial charge is 0.362 e. The average molecular weight is 449 g/mol. The number of pyridine rings is 1. The highest BCUT2D eigenvalue weighted by Gasteiger charge is 2.20. The number of hydrogen-bond acceptors (Lipinski definition) is 4. The van der Waals surface area contributed by atoms with E-state index >= 15 is 0 Å². The number of anilines is 1. The third-order valence-corrected chi connectivity index (χ3v) is 6.69. The molecule has 0 unspecified atom stereocenters. The highest BCUT2D eigenvalue weighted by Crippen LogP contribution is 2.21. The zero-order valence-corrected chi connectivity index (χ0v) is 18.8. The molecule has 1 aromatic heterocycles. The molecule has 1 saturated heterocycles. The van der Waals surface area contributed by atoms with Gasteiger partial charge in [-0.3, -0.25) is 9.78 Å². The minimum Gasteiger partial charge on any atom is -0.362 e. The van der Waals surface area contributed by atoms with Crippen molar-refractivity contribution in [2.24, 2.45) is 4.40 Å². The maximum atomic E-state index is 12.7. The van der Waals surface area contributed by atoms with Crippen molar-refractivity contribution in [2.45, 2.75) is 24.7 Å². The second-order valence-electron chi connectivity index (χ2n) is 7.68. The first-order valence-electron chi connectivity index (χ1n) is 10.3. The number of benzene rings is 2. The monoisotopic (exact) mass is 448 g/mol. The first kappa shape index (κ1) is 21.7. The zero-order valence-electron chi connectivity index (χ0n) is 17.9. The van der Waals surface area contributed by atoms with Gasteiger partial charge in [-0.05, 0) is 49.7 Å². The molecule has 0 aliphatic carbocycles. The van der Waals surface area contributed by atoms with Crippen molar-refractivity contribution in [3.05, 3.63) is 78.0 Å². The summed E-state index contributed by atoms with van der Waals surface area (Å²) in [4.78, 5) is 19.2. The number of aryl methyl sites for hydroxylation is 1. The molecule has 1 N–H and O–H groups in total. The van der Waals surface area contributed by atoms with E-state index in [2.05, 4.69) is 14.7 Å². The lowest BCUT2D eigenvalue weighted by Crippen LogP contribution is -2.20. The second-order valence-corrected chi connectivity index (χ2v) is 9.29. The molecule has 0 radical (unpaired) electrons. The van der Waals surface area contributed by atoms with Crippen molar-refractivity contribution >= 4 is 27.5 Å². The predicted molar refractivity (Wildman–Crippen MR) is 125 cm³/mol. The lowest BCUT2D eigenvalue weighted by molar-refractivity contribution is 0.102. The van der Waals surface area contributed by atoms with E-state index in [1.54, 1.807) is 25.1 Å². The maximum Gasteiger partial charge on any atom is 0.283 e. The van der Waals surface area contributed by atoms with Gasteiger partial charge in [0.2, 0.25) is 0 Å². The summed E-state index contributed by atoms with van der Waals surface area (Å²) in [6, 6.07) is 19.3. The van der Waals surface area contributed by atoms with Gasteiger partial charge in [0, 0.05) is 31.3 Å². The minimum absolute atomic E-state index is 0.0911. The number of amides is 1. The van der Waals surface area contributed by atoms with Crippen LogP contribution in [0.1, 0.15) is 28.9 Å². The Morgan fingerprint density at radius 1 is 1.03 bits per heavy atom. The van der Waals surface area contributed by atoms with Crippen LogP contribution in [0.15, 0.2) is 76.0 Å². The van der Waals surface area contributed by atoms with E-state index in [9.17, 15) is 13.2 Å². The number of sulfonamides is 1. The van der Waals surface area contributed by atoms with Crippen LogP contribution in [-0.2, 0) is 10.0 Å². The van der Waals surface area contributed by atoms with E-state index in [4.69, 9.17) is 0 Å². The van der Waals surface area contributed by atoms with Gasteiger partial charge in [0.05, 0.1) is 21.8 Å². The van der Waals surface area contributed by atoms with Gasteiger partial charge < -0.3 is 10.2 Å². The van der Waals surface area contributed by atoms with E-state index in [0.29, 0.717) is 29.2 Å². The Balaban J connectivity index is 1.48. The lowest BCUT2D eigenvalue weighted by Gasteiger charge is -2.11. The molecule has 8 heteroatoms. The number of nitrogens with zero attached hydrogens (tertiary/aromatic N) is 3. The summed E-state index contributed by atoms with van der Waals surface area (Å²) in [5.74, 6) is 0.266. The van der Waals surface area contributed by atoms with Crippen LogP contribution in [0, 0.1) is 6.92 Å². The van der Waals surface area contributed by atoms with Crippen molar-refractivity contribution in [2.75, 3.05) is 18.9 Å². The molecule has 32 heavy (non-hydrogen) atoms. The van der Waals surface area contributed by atoms with Crippen molar-refractivity contribution in [3.8, 4) is 11.3 Å². The van der Waals surface area contributed by atoms with Crippen molar-refractivity contribution in [3.63, 3.8) is 0 Å². The molecule has 7 nitrogen and oxygen atoms in total. The van der Waals surface area contributed by atoms with Crippen molar-refractivity contribution < 1.29 is 13.2 Å². The molecule has 2 aromatic carbocycles. The molecule has 164 valence electrons. The fourth-order valence-electron chi connectivity index (χ4n) is 3.58. The van der Waals surface area contributed by atoms with Gasteiger partial charge in [0.1, 0.15) is 5.84 Å². The molecule has 0 bridgehead atoms. The summed E-state index contributed by atoms with van der Waals surface area (Å²) >= 11 is 0. The number of hydrogen-bond donors (Lipinski definition) is 1. The molecular weight excluding hydrogens is 424 g/mol. The predicted octanol–water partition coefficient (Wildman–Crippen LogP) is 4.12. The molecule has 0 saturated carbocycles. The molecule has 4 rings (SSSR count). The normalized spacial score (nSPS) is 15.2. The number of likely N-dealkylation sites (tertiary alicyclic amines) is 1. The van der Waals surface area contributed by atoms with Crippen molar-refractivity contribution in [1.29, 1.82) is 0 Å². The smallest absolute Gasteiger partial charge is 0.283 e. The van der Waals surface area contributed by atoms with Crippen LogP contribution in [0.3, 0.4) is 0 Å². The molecule has 2 heterocycles. The highest BCUT2D eigenvalue weighted by atomic mass is 32.2. The van der Waals surface area contributed by atoms with Crippen LogP contribution in [0.4, 0.5) is 5.69 Å². The van der Waals surface area contributed by atoms with E-state index < -0.39 is 10.0 Å². The van der Waals surface area contributed by atoms with Crippen LogP contribution in [0.25, 0.3) is 11.3 Å². The third-order valence-electron chi connectivity index (χ3n) is 5.37. The highest BCUT2D eigenvalue weighted by molar-refractivity contribution is 7.90. The van der Waals surface area contributed by atoms with Crippen LogP contribution < -0.4 is 5.32 Å². The third kappa shape index (κ3) is 4.70. The number of amidine groups is 1. The van der Waals surface area contributed by atoms with Gasteiger partial charge in [-0.25, -0.2) is 0 Å². The Bertz CT molecular complexity index is 1270. The number of carbonyl (C=O) groups is 1. The fourth-order valence-corrected chi connectivity index (χ4v) is 4.67. The molecule has 1 aliphatic rings. The summed E-state index contributed by atoms with van der Waals surface area (Å²) in [5.41, 5.74) is 3.33. The molecular formula is C24H24N4O3S. The minimum atomic E-state index is -3.79. The van der Waals surface area contributed by atoms with E-state index in [1.807, 2.05) is 48.3 Å². The molecule has 1 aliphatic heterocycles. The lowest BCUT2D eigenvalue weighted by atomic mass is 10.1. The summed E-state index contributed by atoms with van der Waals surface area (Å²) in [5, 5.41) is 2.80. The summed E-state index contributed by atoms with van der Waals surface area (Å²) in [6.07, 6.45) is 1.55. The van der Waals surface area contributed by atoms with E-state index in [0.717, 1.165) is 24.2 Å². The van der Waals surface area contributed by atoms with E-state index in [-0.39, 0.29) is 10.8 Å². The Hall–Kier alpha value is -3.52. The van der Waals surface area contributed by atoms with Crippen LogP contribution in [-0.4, -0.2) is 43.6 Å². The van der Waals surface area contributed by atoms with Crippen LogP contribution >= 0.6 is 0 Å². The standard InChI is InChI=1S/C24H24N4O3S/c1-17-21(14-15-22(25-17)18-7-4-3-5-8-18)24(29)26-19-10-12-20(13-11-19)32(30,31)27-23-9-6-16-28(23)2/h3-5,7-8,10-15H,6,9,16H2,1-2H3,(H,26,29). The molecule has 1 fully saturated rings. The number of nitrogens with one attached hydrogen (secondary N) is 1. The first-order chi connectivity index (χ1) is 15.3. The Morgan fingerprint density at radius 3 is 2.38 bits per heavy atom. The quantitative estimate of drug-likeness (QED) is 0.634. The first-order valence-corrected chi connectivity index (χ1v) is 11.8. The number of rotatable bonds is 5. The maximum absolute atomic E-state index is 12.7. The molecule has 3 aromatic rings. The molecule has 0 spiro atoms. The Kier molecular flexibility index (Phi) is 6.05. The fraction of sp³-hybridized carbons (Fsp3) is 0.208. The van der Waals surface area contributed by atoms with Crippen LogP contribution in [0.2, 0.25) is 0 Å². The Morgan fingerprint density at radius 2 is 1.75 bits per heavy atom. The van der Waals surface area contributed by atoms with E-state index in [1.165, 1.54) is 12.1 Å². The SMILES string of the molecule is Cc1nc(-c2ccccc2)ccc1C(=O)Nc1ccc(S(=O)(=O)N=C2CCCN2C)cc1. The summed E-state index contributed by atoms with van der Waals surface area (Å²) in [6.45, 7) is 2.59. The second kappa shape index (κ2) is 8.92. The number of carbonyl (C=O) groups excluding carboxylic acids is 1. The van der Waals surface area contributed by atoms with Gasteiger partial charge in [-0.1, -0.05) is 30.3 Å². The van der Waals surface area contributed by atoms with Gasteiger partial charge in [-0.2, -0.15) is 8.42 Å². The zero-order chi connectivity index (χ0) is 22.7. The van der Waals surface area contributed by atoms with Gasteiger partial charge >= 0.3 is 0 Å². The van der Waals surface area contributed by atoms with Gasteiger partial charge in [0.15, 0.2) is 0 Å². The number of aromatic nitrogens is 1. The molecule has 0 atom stereocenters. The van der Waals surface area contributed by atoms with Crippen molar-refractivity contribution in [1.82, 2.24) is 9.88 Å². The summed E-state index contributed by atoms with van der Waals surface area (Å²) in [7, 11) is -1.95. The molecule has 1 amide bonds. The van der Waals surface area contributed by atoms with Gasteiger partial charge in [0.25, 0.3) is 15.9 Å². The average Bonchev–Trinajstić information content (AvgIpc) is 3.18. The van der Waals surface area contributed by atoms with Gasteiger partial charge in [-0.15, -0.1) is 4.40 Å². The summed E-state index contributed by atoms with van der Waals surface area (Å²) < 4.78 is 29.1. The van der Waals surface area contributed by atoms with Crippen LogP contribution in [0.5, 0.6) is 0 Å². The topological polar surface area (TPSA) is 91.7 Å². The Labute approximate surface area is 187 Å².